The molecule has 8 heteroatoms. The fourth-order valence-electron chi connectivity index (χ4n) is 2.89. The van der Waals surface area contributed by atoms with Crippen molar-refractivity contribution in [1.29, 1.82) is 0 Å². The summed E-state index contributed by atoms with van der Waals surface area (Å²) in [7, 11) is 1.62. The third-order valence-corrected chi connectivity index (χ3v) is 4.19. The molecule has 0 aliphatic carbocycles. The van der Waals surface area contributed by atoms with E-state index >= 15 is 0 Å². The summed E-state index contributed by atoms with van der Waals surface area (Å²) >= 11 is 0. The normalized spacial score (nSPS) is 11.3. The maximum absolute atomic E-state index is 5.25. The van der Waals surface area contributed by atoms with E-state index in [1.807, 2.05) is 24.3 Å². The van der Waals surface area contributed by atoms with Crippen LogP contribution in [0.15, 0.2) is 49.1 Å². The van der Waals surface area contributed by atoms with E-state index in [1.165, 1.54) is 0 Å². The first kappa shape index (κ1) is 14.5. The number of aromatic nitrogens is 7. The average molecular weight is 343 g/mol. The molecule has 2 N–H and O–H groups in total. The van der Waals surface area contributed by atoms with Crippen molar-refractivity contribution in [1.82, 2.24) is 35.1 Å². The van der Waals surface area contributed by atoms with Crippen LogP contribution in [-0.4, -0.2) is 42.2 Å². The Morgan fingerprint density at radius 1 is 1.00 bits per heavy atom. The van der Waals surface area contributed by atoms with Crippen LogP contribution in [0.3, 0.4) is 0 Å². The molecule has 26 heavy (non-hydrogen) atoms. The predicted octanol–water partition coefficient (Wildman–Crippen LogP) is 2.97. The van der Waals surface area contributed by atoms with Gasteiger partial charge in [0, 0.05) is 29.7 Å². The number of pyridine rings is 3. The minimum Gasteiger partial charge on any atom is -0.495 e. The van der Waals surface area contributed by atoms with Crippen LogP contribution in [0.5, 0.6) is 5.75 Å². The van der Waals surface area contributed by atoms with Crippen LogP contribution < -0.4 is 4.74 Å². The number of fused-ring (bicyclic) bond motifs is 2. The highest BCUT2D eigenvalue weighted by Gasteiger charge is 2.14. The van der Waals surface area contributed by atoms with Gasteiger partial charge in [-0.1, -0.05) is 0 Å². The van der Waals surface area contributed by atoms with Crippen LogP contribution in [0, 0.1) is 0 Å². The minimum atomic E-state index is 0.619. The van der Waals surface area contributed by atoms with Gasteiger partial charge in [0.15, 0.2) is 17.1 Å². The van der Waals surface area contributed by atoms with Crippen LogP contribution in [-0.2, 0) is 0 Å². The molecule has 0 spiro atoms. The second-order valence-electron chi connectivity index (χ2n) is 5.77. The van der Waals surface area contributed by atoms with E-state index in [9.17, 15) is 0 Å². The molecule has 0 unspecified atom stereocenters. The topological polar surface area (TPSA) is 105 Å². The van der Waals surface area contributed by atoms with Crippen molar-refractivity contribution in [3.05, 3.63) is 49.1 Å². The van der Waals surface area contributed by atoms with E-state index in [0.29, 0.717) is 22.9 Å². The quantitative estimate of drug-likeness (QED) is 0.522. The van der Waals surface area contributed by atoms with Gasteiger partial charge in [-0.3, -0.25) is 10.1 Å². The van der Waals surface area contributed by atoms with Crippen LogP contribution in [0.1, 0.15) is 0 Å². The molecular weight excluding hydrogens is 330 g/mol. The molecule has 0 aromatic carbocycles. The maximum Gasteiger partial charge on any atom is 0.181 e. The second kappa shape index (κ2) is 5.62. The van der Waals surface area contributed by atoms with Crippen LogP contribution in [0.25, 0.3) is 44.8 Å². The van der Waals surface area contributed by atoms with E-state index in [4.69, 9.17) is 4.74 Å². The average Bonchev–Trinajstić information content (AvgIpc) is 3.31. The Labute approximate surface area is 147 Å². The summed E-state index contributed by atoms with van der Waals surface area (Å²) in [6.45, 7) is 0. The molecule has 5 aromatic heterocycles. The van der Waals surface area contributed by atoms with Gasteiger partial charge in [-0.15, -0.1) is 0 Å². The number of H-pyrrole nitrogens is 2. The molecule has 8 nitrogen and oxygen atoms in total. The predicted molar refractivity (Wildman–Crippen MR) is 96.6 cm³/mol. The van der Waals surface area contributed by atoms with Crippen LogP contribution in [0.2, 0.25) is 0 Å². The zero-order valence-corrected chi connectivity index (χ0v) is 13.8. The maximum atomic E-state index is 5.25. The third kappa shape index (κ3) is 2.27. The zero-order chi connectivity index (χ0) is 17.5. The first-order valence-corrected chi connectivity index (χ1v) is 7.96. The standard InChI is InChI=1S/C18H13N7O/c1-26-12-5-10(7-19-9-12)11-6-13-15(24-25-16(13)21-8-11)18-22-14-3-2-4-20-17(14)23-18/h2-9H,1H3,(H,20,22,23)(H,21,24,25). The van der Waals surface area contributed by atoms with Gasteiger partial charge in [-0.25, -0.2) is 15.0 Å². The molecule has 0 saturated heterocycles. The van der Waals surface area contributed by atoms with Crippen molar-refractivity contribution in [3.8, 4) is 28.4 Å². The van der Waals surface area contributed by atoms with Gasteiger partial charge in [0.1, 0.15) is 11.4 Å². The first-order valence-electron chi connectivity index (χ1n) is 7.96. The molecule has 0 aliphatic rings. The van der Waals surface area contributed by atoms with E-state index in [2.05, 4.69) is 35.1 Å². The molecule has 0 amide bonds. The summed E-state index contributed by atoms with van der Waals surface area (Å²) < 4.78 is 5.25. The number of hydrogen-bond donors (Lipinski definition) is 2. The zero-order valence-electron chi connectivity index (χ0n) is 13.8. The molecule has 5 aromatic rings. The van der Waals surface area contributed by atoms with Gasteiger partial charge >= 0.3 is 0 Å². The molecule has 126 valence electrons. The second-order valence-corrected chi connectivity index (χ2v) is 5.77. The fourth-order valence-corrected chi connectivity index (χ4v) is 2.89. The Morgan fingerprint density at radius 3 is 2.81 bits per heavy atom. The number of rotatable bonds is 3. The van der Waals surface area contributed by atoms with Crippen LogP contribution >= 0.6 is 0 Å². The van der Waals surface area contributed by atoms with Gasteiger partial charge < -0.3 is 9.72 Å². The SMILES string of the molecule is COc1cncc(-c2cnc3n[nH]c(-c4nc5ncccc5[nH]4)c3c2)c1. The largest absolute Gasteiger partial charge is 0.495 e. The van der Waals surface area contributed by atoms with Crippen molar-refractivity contribution in [2.24, 2.45) is 0 Å². The molecule has 5 rings (SSSR count). The summed E-state index contributed by atoms with van der Waals surface area (Å²) in [5.41, 5.74) is 4.74. The van der Waals surface area contributed by atoms with Gasteiger partial charge in [0.05, 0.1) is 24.2 Å². The van der Waals surface area contributed by atoms with E-state index in [1.54, 1.807) is 31.9 Å². The number of nitrogens with zero attached hydrogens (tertiary/aromatic N) is 5. The molecule has 0 atom stereocenters. The highest BCUT2D eigenvalue weighted by atomic mass is 16.5. The van der Waals surface area contributed by atoms with Gasteiger partial charge in [0.2, 0.25) is 0 Å². The van der Waals surface area contributed by atoms with Gasteiger partial charge in [0.25, 0.3) is 0 Å². The Bertz CT molecular complexity index is 1210. The van der Waals surface area contributed by atoms with Crippen molar-refractivity contribution in [2.75, 3.05) is 7.11 Å². The van der Waals surface area contributed by atoms with Gasteiger partial charge in [-0.2, -0.15) is 5.10 Å². The lowest BCUT2D eigenvalue weighted by atomic mass is 10.1. The van der Waals surface area contributed by atoms with Crippen molar-refractivity contribution in [3.63, 3.8) is 0 Å². The Morgan fingerprint density at radius 2 is 1.92 bits per heavy atom. The fraction of sp³-hybridized carbons (Fsp3) is 0.0556. The summed E-state index contributed by atoms with van der Waals surface area (Å²) in [5, 5.41) is 8.16. The number of hydrogen-bond acceptors (Lipinski definition) is 6. The number of methoxy groups -OCH3 is 1. The van der Waals surface area contributed by atoms with Crippen LogP contribution in [0.4, 0.5) is 0 Å². The summed E-state index contributed by atoms with van der Waals surface area (Å²) in [6, 6.07) is 7.73. The molecule has 0 saturated carbocycles. The Hall–Kier alpha value is -3.81. The molecule has 0 aliphatic heterocycles. The van der Waals surface area contributed by atoms with Gasteiger partial charge in [-0.05, 0) is 24.3 Å². The number of nitrogens with one attached hydrogen (secondary N) is 2. The lowest BCUT2D eigenvalue weighted by Gasteiger charge is -2.04. The summed E-state index contributed by atoms with van der Waals surface area (Å²) in [4.78, 5) is 20.7. The number of aromatic amines is 2. The van der Waals surface area contributed by atoms with E-state index < -0.39 is 0 Å². The lowest BCUT2D eigenvalue weighted by molar-refractivity contribution is 0.413. The number of ether oxygens (including phenoxy) is 1. The Balaban J connectivity index is 1.67. The molecule has 0 radical (unpaired) electrons. The molecular formula is C18H13N7O. The third-order valence-electron chi connectivity index (χ3n) is 4.19. The lowest BCUT2D eigenvalue weighted by Crippen LogP contribution is -1.87. The highest BCUT2D eigenvalue weighted by Crippen LogP contribution is 2.29. The first-order chi connectivity index (χ1) is 12.8. The summed E-state index contributed by atoms with van der Waals surface area (Å²) in [5.74, 6) is 1.36. The van der Waals surface area contributed by atoms with Crippen molar-refractivity contribution < 1.29 is 4.74 Å². The van der Waals surface area contributed by atoms with Crippen molar-refractivity contribution >= 4 is 22.2 Å². The van der Waals surface area contributed by atoms with E-state index in [0.717, 1.165) is 27.7 Å². The van der Waals surface area contributed by atoms with Crippen molar-refractivity contribution in [2.45, 2.75) is 0 Å². The number of imidazole rings is 1. The summed E-state index contributed by atoms with van der Waals surface area (Å²) in [6.07, 6.45) is 6.92. The monoisotopic (exact) mass is 343 g/mol. The molecule has 0 bridgehead atoms. The van der Waals surface area contributed by atoms with E-state index in [-0.39, 0.29) is 0 Å². The Kier molecular flexibility index (Phi) is 3.14. The highest BCUT2D eigenvalue weighted by molar-refractivity contribution is 5.93. The smallest absolute Gasteiger partial charge is 0.181 e. The minimum absolute atomic E-state index is 0.619. The molecule has 5 heterocycles. The molecule has 0 fully saturated rings.